The molecule has 0 aromatic heterocycles. The van der Waals surface area contributed by atoms with Crippen LogP contribution in [0.1, 0.15) is 20.0 Å². The van der Waals surface area contributed by atoms with Crippen LogP contribution in [0.4, 0.5) is 0 Å². The molecule has 0 amide bonds. The molecule has 1 aromatic rings. The van der Waals surface area contributed by atoms with Gasteiger partial charge in [0, 0.05) is 4.11 Å². The van der Waals surface area contributed by atoms with Crippen LogP contribution in [0.15, 0.2) is 18.2 Å². The van der Waals surface area contributed by atoms with Crippen LogP contribution < -0.4 is 5.46 Å². The number of methoxy groups -OCH3 is 1. The summed E-state index contributed by atoms with van der Waals surface area (Å²) in [5.41, 5.74) is -0.378. The standard InChI is InChI=1S/C9H11BO4/c1-6-3-4-7(9(11)14-2)5-8(6)10(12)13/h3-5,12-13H,1-2H3/i1D3. The van der Waals surface area contributed by atoms with E-state index in [1.54, 1.807) is 0 Å². The molecule has 0 saturated heterocycles. The third kappa shape index (κ3) is 2.13. The summed E-state index contributed by atoms with van der Waals surface area (Å²) >= 11 is 0. The molecule has 0 fully saturated rings. The van der Waals surface area contributed by atoms with Crippen molar-refractivity contribution in [2.45, 2.75) is 6.85 Å². The fraction of sp³-hybridized carbons (Fsp3) is 0.222. The van der Waals surface area contributed by atoms with Gasteiger partial charge in [-0.15, -0.1) is 0 Å². The average Bonchev–Trinajstić information content (AvgIpc) is 2.25. The SMILES string of the molecule is [2H]C([2H])([2H])c1ccc(C(=O)OC)cc1B(O)O. The van der Waals surface area contributed by atoms with E-state index in [9.17, 15) is 4.79 Å². The highest BCUT2D eigenvalue weighted by molar-refractivity contribution is 6.59. The second-order valence-electron chi connectivity index (χ2n) is 2.67. The maximum absolute atomic E-state index is 11.2. The quantitative estimate of drug-likeness (QED) is 0.493. The Bertz CT molecular complexity index is 431. The molecule has 0 bridgehead atoms. The van der Waals surface area contributed by atoms with Crippen LogP contribution in [-0.4, -0.2) is 30.2 Å². The lowest BCUT2D eigenvalue weighted by Gasteiger charge is -2.06. The molecular weight excluding hydrogens is 183 g/mol. The highest BCUT2D eigenvalue weighted by Crippen LogP contribution is 2.03. The minimum absolute atomic E-state index is 0.0589. The molecule has 0 atom stereocenters. The van der Waals surface area contributed by atoms with Crippen LogP contribution in [0.5, 0.6) is 0 Å². The van der Waals surface area contributed by atoms with Crippen molar-refractivity contribution in [2.75, 3.05) is 7.11 Å². The van der Waals surface area contributed by atoms with Gasteiger partial charge in [-0.3, -0.25) is 0 Å². The molecule has 0 aliphatic rings. The molecule has 0 radical (unpaired) electrons. The Labute approximate surface area is 86.5 Å². The van der Waals surface area contributed by atoms with Gasteiger partial charge < -0.3 is 14.8 Å². The summed E-state index contributed by atoms with van der Waals surface area (Å²) in [5, 5.41) is 18.2. The number of rotatable bonds is 2. The second kappa shape index (κ2) is 4.26. The van der Waals surface area contributed by atoms with Crippen LogP contribution in [0.3, 0.4) is 0 Å². The molecule has 1 rings (SSSR count). The van der Waals surface area contributed by atoms with Crippen LogP contribution >= 0.6 is 0 Å². The molecule has 5 heteroatoms. The molecule has 2 N–H and O–H groups in total. The number of esters is 1. The van der Waals surface area contributed by atoms with Crippen molar-refractivity contribution in [2.24, 2.45) is 0 Å². The first-order valence-electron chi connectivity index (χ1n) is 5.36. The van der Waals surface area contributed by atoms with E-state index in [0.29, 0.717) is 0 Å². The lowest BCUT2D eigenvalue weighted by atomic mass is 9.76. The Kier molecular flexibility index (Phi) is 2.14. The summed E-state index contributed by atoms with van der Waals surface area (Å²) < 4.78 is 26.1. The molecule has 0 heterocycles. The molecule has 0 saturated carbocycles. The number of carbonyl (C=O) groups is 1. The predicted molar refractivity (Wildman–Crippen MR) is 52.3 cm³/mol. The zero-order valence-electron chi connectivity index (χ0n) is 10.5. The molecule has 74 valence electrons. The van der Waals surface area contributed by atoms with Crippen LogP contribution in [0.25, 0.3) is 0 Å². The molecule has 0 spiro atoms. The molecule has 0 unspecified atom stereocenters. The van der Waals surface area contributed by atoms with Gasteiger partial charge in [-0.2, -0.15) is 0 Å². The molecule has 0 aliphatic heterocycles. The van der Waals surface area contributed by atoms with Gasteiger partial charge in [0.15, 0.2) is 0 Å². The van der Waals surface area contributed by atoms with Gasteiger partial charge in [-0.25, -0.2) is 4.79 Å². The van der Waals surface area contributed by atoms with Crippen molar-refractivity contribution in [3.8, 4) is 0 Å². The topological polar surface area (TPSA) is 66.8 Å². The average molecular weight is 197 g/mol. The number of benzene rings is 1. The maximum Gasteiger partial charge on any atom is 0.488 e. The van der Waals surface area contributed by atoms with Crippen molar-refractivity contribution < 1.29 is 23.7 Å². The first-order chi connectivity index (χ1) is 7.77. The zero-order chi connectivity index (χ0) is 13.2. The third-order valence-electron chi connectivity index (χ3n) is 1.75. The fourth-order valence-corrected chi connectivity index (χ4v) is 1.02. The van der Waals surface area contributed by atoms with E-state index in [1.807, 2.05) is 0 Å². The summed E-state index contributed by atoms with van der Waals surface area (Å²) in [6.07, 6.45) is 0. The van der Waals surface area contributed by atoms with E-state index in [4.69, 9.17) is 14.2 Å². The van der Waals surface area contributed by atoms with Crippen LogP contribution in [-0.2, 0) is 4.74 Å². The van der Waals surface area contributed by atoms with Gasteiger partial charge >= 0.3 is 13.1 Å². The predicted octanol–water partition coefficient (Wildman–Crippen LogP) is -0.539. The Morgan fingerprint density at radius 1 is 1.57 bits per heavy atom. The number of hydrogen-bond acceptors (Lipinski definition) is 4. The number of ether oxygens (including phenoxy) is 1. The number of hydrogen-bond donors (Lipinski definition) is 2. The Morgan fingerprint density at radius 3 is 2.79 bits per heavy atom. The smallest absolute Gasteiger partial charge is 0.465 e. The van der Waals surface area contributed by atoms with E-state index < -0.39 is 19.9 Å². The van der Waals surface area contributed by atoms with Crippen molar-refractivity contribution >= 4 is 18.6 Å². The molecule has 14 heavy (non-hydrogen) atoms. The van der Waals surface area contributed by atoms with Gasteiger partial charge in [-0.05, 0) is 24.4 Å². The van der Waals surface area contributed by atoms with Crippen molar-refractivity contribution in [3.63, 3.8) is 0 Å². The normalized spacial score (nSPS) is 13.8. The van der Waals surface area contributed by atoms with E-state index in [-0.39, 0.29) is 16.6 Å². The van der Waals surface area contributed by atoms with Crippen molar-refractivity contribution in [1.82, 2.24) is 0 Å². The molecule has 0 aliphatic carbocycles. The lowest BCUT2D eigenvalue weighted by molar-refractivity contribution is 0.0601. The second-order valence-corrected chi connectivity index (χ2v) is 2.67. The maximum atomic E-state index is 11.2. The summed E-state index contributed by atoms with van der Waals surface area (Å²) in [6.45, 7) is -2.48. The Balaban J connectivity index is 3.32. The summed E-state index contributed by atoms with van der Waals surface area (Å²) in [4.78, 5) is 11.2. The highest BCUT2D eigenvalue weighted by Gasteiger charge is 2.16. The Morgan fingerprint density at radius 2 is 2.29 bits per heavy atom. The third-order valence-corrected chi connectivity index (χ3v) is 1.75. The van der Waals surface area contributed by atoms with E-state index in [0.717, 1.165) is 12.1 Å². The van der Waals surface area contributed by atoms with Gasteiger partial charge in [0.25, 0.3) is 0 Å². The summed E-state index contributed by atoms with van der Waals surface area (Å²) in [5.74, 6) is -0.677. The fourth-order valence-electron chi connectivity index (χ4n) is 1.02. The molecule has 1 aromatic carbocycles. The summed E-state index contributed by atoms with van der Waals surface area (Å²) in [7, 11) is -0.787. The minimum atomic E-state index is -2.48. The monoisotopic (exact) mass is 197 g/mol. The van der Waals surface area contributed by atoms with Crippen molar-refractivity contribution in [3.05, 3.63) is 29.3 Å². The van der Waals surface area contributed by atoms with Crippen LogP contribution in [0, 0.1) is 6.85 Å². The van der Waals surface area contributed by atoms with Gasteiger partial charge in [0.1, 0.15) is 0 Å². The first kappa shape index (κ1) is 7.03. The number of aryl methyl sites for hydroxylation is 1. The van der Waals surface area contributed by atoms with Gasteiger partial charge in [-0.1, -0.05) is 11.6 Å². The van der Waals surface area contributed by atoms with Crippen LogP contribution in [0.2, 0.25) is 0 Å². The zero-order valence-corrected chi connectivity index (χ0v) is 7.52. The minimum Gasteiger partial charge on any atom is -0.465 e. The van der Waals surface area contributed by atoms with Gasteiger partial charge in [0.2, 0.25) is 0 Å². The first-order valence-corrected chi connectivity index (χ1v) is 3.86. The summed E-state index contributed by atoms with van der Waals surface area (Å²) in [6, 6.07) is 3.52. The van der Waals surface area contributed by atoms with Crippen molar-refractivity contribution in [1.29, 1.82) is 0 Å². The van der Waals surface area contributed by atoms with Gasteiger partial charge in [0.05, 0.1) is 12.7 Å². The Hall–Kier alpha value is -1.33. The molecule has 4 nitrogen and oxygen atoms in total. The largest absolute Gasteiger partial charge is 0.488 e. The highest BCUT2D eigenvalue weighted by atomic mass is 16.5. The van der Waals surface area contributed by atoms with E-state index >= 15 is 0 Å². The molecular formula is C9H11BO4. The van der Waals surface area contributed by atoms with E-state index in [1.165, 1.54) is 13.2 Å². The lowest BCUT2D eigenvalue weighted by Crippen LogP contribution is -2.32. The number of carbonyl (C=O) groups excluding carboxylic acids is 1. The van der Waals surface area contributed by atoms with E-state index in [2.05, 4.69) is 4.74 Å².